The standard InChI is InChI=1S/C22H18N2O3/c1-14-8-10-16(11-9-14)13-24-21(26)18(12-23)15(2)19(22(24)27)20(25)17-6-4-3-5-7-17/h3-11,27H,13H2,1-2H3. The lowest BCUT2D eigenvalue weighted by Gasteiger charge is -2.16. The summed E-state index contributed by atoms with van der Waals surface area (Å²) in [6.45, 7) is 3.52. The van der Waals surface area contributed by atoms with Gasteiger partial charge in [-0.15, -0.1) is 0 Å². The van der Waals surface area contributed by atoms with E-state index >= 15 is 0 Å². The smallest absolute Gasteiger partial charge is 0.271 e. The highest BCUT2D eigenvalue weighted by Gasteiger charge is 2.24. The molecule has 0 aliphatic rings. The number of rotatable bonds is 4. The molecular weight excluding hydrogens is 340 g/mol. The van der Waals surface area contributed by atoms with Crippen LogP contribution in [0, 0.1) is 25.2 Å². The Kier molecular flexibility index (Phi) is 4.91. The fourth-order valence-corrected chi connectivity index (χ4v) is 2.98. The molecule has 0 amide bonds. The van der Waals surface area contributed by atoms with E-state index in [1.165, 1.54) is 6.92 Å². The Labute approximate surface area is 156 Å². The lowest BCUT2D eigenvalue weighted by Crippen LogP contribution is -2.27. The largest absolute Gasteiger partial charge is 0.494 e. The Balaban J connectivity index is 2.20. The van der Waals surface area contributed by atoms with Crippen LogP contribution in [-0.2, 0) is 6.54 Å². The van der Waals surface area contributed by atoms with Gasteiger partial charge in [0.1, 0.15) is 11.6 Å². The van der Waals surface area contributed by atoms with Crippen LogP contribution in [0.5, 0.6) is 5.88 Å². The van der Waals surface area contributed by atoms with Crippen molar-refractivity contribution in [1.29, 1.82) is 5.26 Å². The summed E-state index contributed by atoms with van der Waals surface area (Å²) < 4.78 is 1.08. The predicted molar refractivity (Wildman–Crippen MR) is 102 cm³/mol. The third kappa shape index (κ3) is 3.38. The summed E-state index contributed by atoms with van der Waals surface area (Å²) in [5.74, 6) is -0.856. The predicted octanol–water partition coefficient (Wildman–Crippen LogP) is 3.32. The van der Waals surface area contributed by atoms with Crippen molar-refractivity contribution in [2.75, 3.05) is 0 Å². The van der Waals surface area contributed by atoms with Gasteiger partial charge in [0.2, 0.25) is 5.88 Å². The Hall–Kier alpha value is -3.65. The Morgan fingerprint density at radius 3 is 2.30 bits per heavy atom. The number of aryl methyl sites for hydroxylation is 1. The quantitative estimate of drug-likeness (QED) is 0.725. The second-order valence-electron chi connectivity index (χ2n) is 6.38. The van der Waals surface area contributed by atoms with Gasteiger partial charge in [0.25, 0.3) is 5.56 Å². The molecule has 0 bridgehead atoms. The van der Waals surface area contributed by atoms with Crippen LogP contribution in [0.2, 0.25) is 0 Å². The number of ketones is 1. The number of hydrogen-bond donors (Lipinski definition) is 1. The van der Waals surface area contributed by atoms with Gasteiger partial charge in [-0.1, -0.05) is 60.2 Å². The fraction of sp³-hybridized carbons (Fsp3) is 0.136. The Bertz CT molecular complexity index is 1110. The number of aromatic nitrogens is 1. The van der Waals surface area contributed by atoms with Gasteiger partial charge in [-0.25, -0.2) is 0 Å². The van der Waals surface area contributed by atoms with E-state index in [1.54, 1.807) is 30.3 Å². The molecule has 0 atom stereocenters. The maximum absolute atomic E-state index is 12.9. The number of carbonyl (C=O) groups excluding carboxylic acids is 1. The first-order valence-electron chi connectivity index (χ1n) is 8.45. The average Bonchev–Trinajstić information content (AvgIpc) is 2.67. The molecule has 0 fully saturated rings. The molecule has 2 aromatic carbocycles. The van der Waals surface area contributed by atoms with Crippen molar-refractivity contribution >= 4 is 5.78 Å². The van der Waals surface area contributed by atoms with E-state index in [4.69, 9.17) is 0 Å². The second kappa shape index (κ2) is 7.30. The highest BCUT2D eigenvalue weighted by molar-refractivity contribution is 6.11. The first kappa shape index (κ1) is 18.2. The number of nitrogens with zero attached hydrogens (tertiary/aromatic N) is 2. The topological polar surface area (TPSA) is 83.1 Å². The molecule has 5 heteroatoms. The molecule has 1 aromatic heterocycles. The zero-order chi connectivity index (χ0) is 19.6. The number of carbonyl (C=O) groups is 1. The molecule has 27 heavy (non-hydrogen) atoms. The zero-order valence-electron chi connectivity index (χ0n) is 15.1. The van der Waals surface area contributed by atoms with Crippen LogP contribution in [0.1, 0.15) is 38.2 Å². The molecule has 0 saturated carbocycles. The van der Waals surface area contributed by atoms with Crippen LogP contribution in [0.4, 0.5) is 0 Å². The van der Waals surface area contributed by atoms with E-state index in [-0.39, 0.29) is 23.2 Å². The normalized spacial score (nSPS) is 10.4. The maximum Gasteiger partial charge on any atom is 0.271 e. The summed E-state index contributed by atoms with van der Waals surface area (Å²) >= 11 is 0. The molecule has 0 saturated heterocycles. The van der Waals surface area contributed by atoms with Gasteiger partial charge >= 0.3 is 0 Å². The third-order valence-corrected chi connectivity index (χ3v) is 4.52. The summed E-state index contributed by atoms with van der Waals surface area (Å²) in [6, 6.07) is 17.8. The summed E-state index contributed by atoms with van der Waals surface area (Å²) in [6.07, 6.45) is 0. The zero-order valence-corrected chi connectivity index (χ0v) is 15.1. The van der Waals surface area contributed by atoms with Gasteiger partial charge in [-0.3, -0.25) is 14.2 Å². The molecule has 0 radical (unpaired) electrons. The minimum Gasteiger partial charge on any atom is -0.494 e. The Morgan fingerprint density at radius 2 is 1.70 bits per heavy atom. The molecule has 3 rings (SSSR count). The summed E-state index contributed by atoms with van der Waals surface area (Å²) in [5, 5.41) is 20.2. The average molecular weight is 358 g/mol. The van der Waals surface area contributed by atoms with E-state index in [9.17, 15) is 20.0 Å². The molecular formula is C22H18N2O3. The van der Waals surface area contributed by atoms with E-state index < -0.39 is 17.2 Å². The van der Waals surface area contributed by atoms with Crippen molar-refractivity contribution in [1.82, 2.24) is 4.57 Å². The first-order valence-corrected chi connectivity index (χ1v) is 8.45. The molecule has 1 N–H and O–H groups in total. The maximum atomic E-state index is 12.9. The van der Waals surface area contributed by atoms with Crippen LogP contribution in [0.15, 0.2) is 59.4 Å². The summed E-state index contributed by atoms with van der Waals surface area (Å²) in [7, 11) is 0. The van der Waals surface area contributed by atoms with Crippen molar-refractivity contribution in [2.45, 2.75) is 20.4 Å². The minimum absolute atomic E-state index is 0.0236. The van der Waals surface area contributed by atoms with Gasteiger partial charge < -0.3 is 5.11 Å². The van der Waals surface area contributed by atoms with E-state index in [1.807, 2.05) is 37.3 Å². The molecule has 0 unspecified atom stereocenters. The van der Waals surface area contributed by atoms with Gasteiger partial charge in [-0.05, 0) is 25.0 Å². The van der Waals surface area contributed by atoms with Crippen LogP contribution in [-0.4, -0.2) is 15.5 Å². The number of benzene rings is 2. The molecule has 5 nitrogen and oxygen atoms in total. The lowest BCUT2D eigenvalue weighted by atomic mass is 9.97. The number of aromatic hydroxyl groups is 1. The number of hydrogen-bond acceptors (Lipinski definition) is 4. The molecule has 3 aromatic rings. The van der Waals surface area contributed by atoms with Gasteiger partial charge in [0, 0.05) is 5.56 Å². The van der Waals surface area contributed by atoms with E-state index in [2.05, 4.69) is 0 Å². The van der Waals surface area contributed by atoms with Crippen molar-refractivity contribution in [2.24, 2.45) is 0 Å². The van der Waals surface area contributed by atoms with Gasteiger partial charge in [-0.2, -0.15) is 5.26 Å². The van der Waals surface area contributed by atoms with Crippen molar-refractivity contribution in [3.63, 3.8) is 0 Å². The monoisotopic (exact) mass is 358 g/mol. The molecule has 0 spiro atoms. The third-order valence-electron chi connectivity index (χ3n) is 4.52. The van der Waals surface area contributed by atoms with Crippen molar-refractivity contribution in [3.8, 4) is 11.9 Å². The minimum atomic E-state index is -0.613. The molecule has 0 aliphatic carbocycles. The molecule has 134 valence electrons. The summed E-state index contributed by atoms with van der Waals surface area (Å²) in [5.41, 5.74) is 1.64. The van der Waals surface area contributed by atoms with Crippen LogP contribution < -0.4 is 5.56 Å². The highest BCUT2D eigenvalue weighted by atomic mass is 16.3. The fourth-order valence-electron chi connectivity index (χ4n) is 2.98. The van der Waals surface area contributed by atoms with E-state index in [0.29, 0.717) is 5.56 Å². The number of pyridine rings is 1. The summed E-state index contributed by atoms with van der Waals surface area (Å²) in [4.78, 5) is 25.6. The van der Waals surface area contributed by atoms with E-state index in [0.717, 1.165) is 15.7 Å². The molecule has 0 aliphatic heterocycles. The van der Waals surface area contributed by atoms with Crippen molar-refractivity contribution < 1.29 is 9.90 Å². The molecule has 1 heterocycles. The van der Waals surface area contributed by atoms with Crippen LogP contribution >= 0.6 is 0 Å². The Morgan fingerprint density at radius 1 is 1.07 bits per heavy atom. The van der Waals surface area contributed by atoms with Crippen molar-refractivity contribution in [3.05, 3.63) is 98.3 Å². The lowest BCUT2D eigenvalue weighted by molar-refractivity contribution is 0.103. The van der Waals surface area contributed by atoms with Crippen LogP contribution in [0.3, 0.4) is 0 Å². The highest BCUT2D eigenvalue weighted by Crippen LogP contribution is 2.25. The van der Waals surface area contributed by atoms with Gasteiger partial charge in [0.05, 0.1) is 12.1 Å². The second-order valence-corrected chi connectivity index (χ2v) is 6.38. The SMILES string of the molecule is Cc1ccc(Cn2c(O)c(C(=O)c3ccccc3)c(C)c(C#N)c2=O)cc1. The number of nitriles is 1. The first-order chi connectivity index (χ1) is 12.9. The van der Waals surface area contributed by atoms with Crippen LogP contribution in [0.25, 0.3) is 0 Å². The van der Waals surface area contributed by atoms with Gasteiger partial charge in [0.15, 0.2) is 5.78 Å².